The largest absolute Gasteiger partial charge is 0.497 e. The van der Waals surface area contributed by atoms with E-state index in [0.29, 0.717) is 22.9 Å². The minimum Gasteiger partial charge on any atom is -0.497 e. The average Bonchev–Trinajstić information content (AvgIpc) is 3.05. The summed E-state index contributed by atoms with van der Waals surface area (Å²) in [5.74, 6) is 0.342. The number of aryl methyl sites for hydroxylation is 1. The van der Waals surface area contributed by atoms with E-state index in [1.807, 2.05) is 19.1 Å². The number of amides is 3. The number of anilines is 2. The number of hydrogen-bond acceptors (Lipinski definition) is 6. The molecule has 2 aromatic carbocycles. The van der Waals surface area contributed by atoms with Gasteiger partial charge in [-0.15, -0.1) is 11.8 Å². The molecule has 8 heteroatoms. The standard InChI is InChI=1S/C22H24N2O5S/c1-4-14-5-7-16(8-6-14)24-21(26)12-19(22(24)27)30-13-20(25)23-15-9-17(28-2)11-18(10-15)29-3/h5-11,19H,4,12-13H2,1-3H3,(H,23,25)/t19-/m1/s1. The number of rotatable bonds is 8. The summed E-state index contributed by atoms with van der Waals surface area (Å²) in [6.45, 7) is 2.04. The predicted octanol–water partition coefficient (Wildman–Crippen LogP) is 3.27. The number of carbonyl (C=O) groups is 3. The molecule has 7 nitrogen and oxygen atoms in total. The Morgan fingerprint density at radius 2 is 1.73 bits per heavy atom. The topological polar surface area (TPSA) is 84.9 Å². The van der Waals surface area contributed by atoms with Gasteiger partial charge in [0.2, 0.25) is 17.7 Å². The molecule has 3 amide bonds. The van der Waals surface area contributed by atoms with Crippen molar-refractivity contribution in [1.82, 2.24) is 0 Å². The van der Waals surface area contributed by atoms with Crippen LogP contribution in [0.5, 0.6) is 11.5 Å². The molecular weight excluding hydrogens is 404 g/mol. The second kappa shape index (κ2) is 9.67. The predicted molar refractivity (Wildman–Crippen MR) is 117 cm³/mol. The maximum absolute atomic E-state index is 12.7. The van der Waals surface area contributed by atoms with Crippen molar-refractivity contribution >= 4 is 40.9 Å². The quantitative estimate of drug-likeness (QED) is 0.650. The van der Waals surface area contributed by atoms with E-state index in [0.717, 1.165) is 23.7 Å². The van der Waals surface area contributed by atoms with Gasteiger partial charge in [0.05, 0.1) is 30.9 Å². The smallest absolute Gasteiger partial charge is 0.247 e. The lowest BCUT2D eigenvalue weighted by atomic mass is 10.1. The van der Waals surface area contributed by atoms with Crippen molar-refractivity contribution in [2.75, 3.05) is 30.2 Å². The van der Waals surface area contributed by atoms with Crippen molar-refractivity contribution in [1.29, 1.82) is 0 Å². The summed E-state index contributed by atoms with van der Waals surface area (Å²) in [4.78, 5) is 38.7. The highest BCUT2D eigenvalue weighted by Gasteiger charge is 2.40. The molecule has 1 saturated heterocycles. The van der Waals surface area contributed by atoms with Crippen LogP contribution in [-0.2, 0) is 20.8 Å². The summed E-state index contributed by atoms with van der Waals surface area (Å²) in [6, 6.07) is 12.4. The van der Waals surface area contributed by atoms with Crippen LogP contribution in [-0.4, -0.2) is 42.9 Å². The van der Waals surface area contributed by atoms with Crippen molar-refractivity contribution in [2.45, 2.75) is 25.0 Å². The highest BCUT2D eigenvalue weighted by atomic mass is 32.2. The van der Waals surface area contributed by atoms with Gasteiger partial charge in [-0.05, 0) is 24.1 Å². The van der Waals surface area contributed by atoms with Gasteiger partial charge >= 0.3 is 0 Å². The Hall–Kier alpha value is -3.00. The lowest BCUT2D eigenvalue weighted by molar-refractivity contribution is -0.121. The normalized spacial score (nSPS) is 16.0. The van der Waals surface area contributed by atoms with Gasteiger partial charge in [0, 0.05) is 30.3 Å². The zero-order chi connectivity index (χ0) is 21.7. The van der Waals surface area contributed by atoms with Crippen LogP contribution in [0.4, 0.5) is 11.4 Å². The third kappa shape index (κ3) is 4.94. The third-order valence-electron chi connectivity index (χ3n) is 4.76. The highest BCUT2D eigenvalue weighted by Crippen LogP contribution is 2.30. The minimum atomic E-state index is -0.575. The molecule has 1 heterocycles. The van der Waals surface area contributed by atoms with E-state index in [2.05, 4.69) is 5.32 Å². The molecule has 158 valence electrons. The number of benzene rings is 2. The Morgan fingerprint density at radius 3 is 2.30 bits per heavy atom. The molecule has 30 heavy (non-hydrogen) atoms. The second-order valence-electron chi connectivity index (χ2n) is 6.74. The zero-order valence-corrected chi connectivity index (χ0v) is 18.0. The van der Waals surface area contributed by atoms with E-state index >= 15 is 0 Å². The molecule has 0 aromatic heterocycles. The molecule has 1 aliphatic rings. The zero-order valence-electron chi connectivity index (χ0n) is 17.1. The van der Waals surface area contributed by atoms with Crippen LogP contribution in [0.1, 0.15) is 18.9 Å². The Labute approximate surface area is 179 Å². The summed E-state index contributed by atoms with van der Waals surface area (Å²) < 4.78 is 10.4. The van der Waals surface area contributed by atoms with E-state index in [1.54, 1.807) is 30.3 Å². The average molecular weight is 429 g/mol. The van der Waals surface area contributed by atoms with Crippen LogP contribution in [0.3, 0.4) is 0 Å². The molecular formula is C22H24N2O5S. The van der Waals surface area contributed by atoms with Crippen LogP contribution in [0.2, 0.25) is 0 Å². The van der Waals surface area contributed by atoms with Crippen molar-refractivity contribution in [2.24, 2.45) is 0 Å². The van der Waals surface area contributed by atoms with Crippen LogP contribution < -0.4 is 19.7 Å². The Bertz CT molecular complexity index is 923. The first-order valence-corrected chi connectivity index (χ1v) is 10.6. The molecule has 1 N–H and O–H groups in total. The number of imide groups is 1. The summed E-state index contributed by atoms with van der Waals surface area (Å²) in [5.41, 5.74) is 2.23. The maximum Gasteiger partial charge on any atom is 0.247 e. The molecule has 0 aliphatic carbocycles. The SMILES string of the molecule is CCc1ccc(N2C(=O)C[C@@H](SCC(=O)Nc3cc(OC)cc(OC)c3)C2=O)cc1. The summed E-state index contributed by atoms with van der Waals surface area (Å²) in [6.07, 6.45) is 0.966. The molecule has 1 fully saturated rings. The van der Waals surface area contributed by atoms with Crippen LogP contribution in [0.25, 0.3) is 0 Å². The lowest BCUT2D eigenvalue weighted by Crippen LogP contribution is -2.31. The van der Waals surface area contributed by atoms with Gasteiger partial charge in [0.1, 0.15) is 11.5 Å². The number of hydrogen-bond donors (Lipinski definition) is 1. The van der Waals surface area contributed by atoms with E-state index in [9.17, 15) is 14.4 Å². The number of thioether (sulfide) groups is 1. The summed E-state index contributed by atoms with van der Waals surface area (Å²) >= 11 is 1.16. The summed E-state index contributed by atoms with van der Waals surface area (Å²) in [5, 5.41) is 2.19. The fraction of sp³-hybridized carbons (Fsp3) is 0.318. The Kier molecular flexibility index (Phi) is 6.99. The first kappa shape index (κ1) is 21.7. The first-order chi connectivity index (χ1) is 14.4. The number of methoxy groups -OCH3 is 2. The van der Waals surface area contributed by atoms with Gasteiger partial charge in [-0.3, -0.25) is 14.4 Å². The van der Waals surface area contributed by atoms with Gasteiger partial charge in [-0.25, -0.2) is 4.90 Å². The maximum atomic E-state index is 12.7. The molecule has 2 aromatic rings. The molecule has 0 spiro atoms. The minimum absolute atomic E-state index is 0.0474. The number of ether oxygens (including phenoxy) is 2. The molecule has 3 rings (SSSR count). The van der Waals surface area contributed by atoms with Crippen molar-refractivity contribution < 1.29 is 23.9 Å². The Balaban J connectivity index is 1.60. The van der Waals surface area contributed by atoms with Gasteiger partial charge < -0.3 is 14.8 Å². The fourth-order valence-electron chi connectivity index (χ4n) is 3.14. The van der Waals surface area contributed by atoms with Gasteiger partial charge in [-0.1, -0.05) is 19.1 Å². The molecule has 0 bridgehead atoms. The van der Waals surface area contributed by atoms with Crippen LogP contribution >= 0.6 is 11.8 Å². The number of carbonyl (C=O) groups excluding carboxylic acids is 3. The monoisotopic (exact) mass is 428 g/mol. The van der Waals surface area contributed by atoms with E-state index in [-0.39, 0.29) is 29.9 Å². The number of nitrogens with zero attached hydrogens (tertiary/aromatic N) is 1. The molecule has 1 aliphatic heterocycles. The van der Waals surface area contributed by atoms with E-state index in [1.165, 1.54) is 19.1 Å². The lowest BCUT2D eigenvalue weighted by Gasteiger charge is -2.15. The molecule has 0 radical (unpaired) electrons. The van der Waals surface area contributed by atoms with Gasteiger partial charge in [0.15, 0.2) is 0 Å². The van der Waals surface area contributed by atoms with E-state index in [4.69, 9.17) is 9.47 Å². The van der Waals surface area contributed by atoms with Crippen LogP contribution in [0, 0.1) is 0 Å². The first-order valence-electron chi connectivity index (χ1n) is 9.55. The van der Waals surface area contributed by atoms with Gasteiger partial charge in [-0.2, -0.15) is 0 Å². The van der Waals surface area contributed by atoms with Crippen LogP contribution in [0.15, 0.2) is 42.5 Å². The Morgan fingerprint density at radius 1 is 1.10 bits per heavy atom. The second-order valence-corrected chi connectivity index (χ2v) is 7.93. The molecule has 1 atom stereocenters. The fourth-order valence-corrected chi connectivity index (χ4v) is 4.07. The molecule has 0 unspecified atom stereocenters. The molecule has 0 saturated carbocycles. The highest BCUT2D eigenvalue weighted by molar-refractivity contribution is 8.01. The van der Waals surface area contributed by atoms with Crippen molar-refractivity contribution in [3.63, 3.8) is 0 Å². The van der Waals surface area contributed by atoms with Crippen molar-refractivity contribution in [3.05, 3.63) is 48.0 Å². The van der Waals surface area contributed by atoms with E-state index < -0.39 is 5.25 Å². The summed E-state index contributed by atoms with van der Waals surface area (Å²) in [7, 11) is 3.06. The number of nitrogens with one attached hydrogen (secondary N) is 1. The third-order valence-corrected chi connectivity index (χ3v) is 5.96. The van der Waals surface area contributed by atoms with Gasteiger partial charge in [0.25, 0.3) is 0 Å². The van der Waals surface area contributed by atoms with Crippen molar-refractivity contribution in [3.8, 4) is 11.5 Å².